The Labute approximate surface area is 82.9 Å². The van der Waals surface area contributed by atoms with Crippen LogP contribution in [0.3, 0.4) is 0 Å². The van der Waals surface area contributed by atoms with Gasteiger partial charge in [-0.15, -0.1) is 0 Å². The number of carbonyl (C=O) groups excluding carboxylic acids is 1. The minimum atomic E-state index is -0.170. The van der Waals surface area contributed by atoms with Crippen molar-refractivity contribution in [3.63, 3.8) is 0 Å². The van der Waals surface area contributed by atoms with Gasteiger partial charge < -0.3 is 15.7 Å². The third-order valence-corrected chi connectivity index (χ3v) is 1.77. The van der Waals surface area contributed by atoms with E-state index in [1.165, 1.54) is 12.1 Å². The molecule has 0 atom stereocenters. The predicted octanol–water partition coefficient (Wildman–Crippen LogP) is 0.341. The number of likely N-dealkylation sites (N-methyl/N-ethyl adjacent to an activating group) is 1. The van der Waals surface area contributed by atoms with Gasteiger partial charge in [-0.1, -0.05) is 6.07 Å². The molecule has 3 N–H and O–H groups in total. The number of hydrogen-bond donors (Lipinski definition) is 3. The first-order valence-corrected chi connectivity index (χ1v) is 4.46. The summed E-state index contributed by atoms with van der Waals surface area (Å²) in [5.74, 6) is -0.0672. The molecule has 1 aromatic carbocycles. The Balaban J connectivity index is 2.52. The summed E-state index contributed by atoms with van der Waals surface area (Å²) in [7, 11) is 1.82. The first kappa shape index (κ1) is 10.5. The molecule has 76 valence electrons. The van der Waals surface area contributed by atoms with Crippen molar-refractivity contribution >= 4 is 5.91 Å². The summed E-state index contributed by atoms with van der Waals surface area (Å²) in [4.78, 5) is 11.4. The maximum absolute atomic E-state index is 11.4. The second-order valence-electron chi connectivity index (χ2n) is 2.91. The second-order valence-corrected chi connectivity index (χ2v) is 2.91. The van der Waals surface area contributed by atoms with Crippen LogP contribution in [0.25, 0.3) is 0 Å². The lowest BCUT2D eigenvalue weighted by molar-refractivity contribution is 0.0954. The van der Waals surface area contributed by atoms with E-state index in [1.54, 1.807) is 12.1 Å². The number of rotatable bonds is 4. The van der Waals surface area contributed by atoms with Gasteiger partial charge in [-0.3, -0.25) is 4.79 Å². The highest BCUT2D eigenvalue weighted by atomic mass is 16.3. The summed E-state index contributed by atoms with van der Waals surface area (Å²) in [6.45, 7) is 1.30. The van der Waals surface area contributed by atoms with Crippen LogP contribution in [0.1, 0.15) is 10.4 Å². The molecular formula is C10H14N2O2. The van der Waals surface area contributed by atoms with Crippen molar-refractivity contribution < 1.29 is 9.90 Å². The molecule has 0 spiro atoms. The SMILES string of the molecule is CNCCNC(=O)c1cccc(O)c1. The van der Waals surface area contributed by atoms with Gasteiger partial charge in [0.1, 0.15) is 5.75 Å². The van der Waals surface area contributed by atoms with E-state index in [4.69, 9.17) is 5.11 Å². The van der Waals surface area contributed by atoms with Crippen molar-refractivity contribution in [3.05, 3.63) is 29.8 Å². The largest absolute Gasteiger partial charge is 0.508 e. The van der Waals surface area contributed by atoms with Crippen LogP contribution in [0.4, 0.5) is 0 Å². The predicted molar refractivity (Wildman–Crippen MR) is 54.4 cm³/mol. The molecule has 0 saturated carbocycles. The lowest BCUT2D eigenvalue weighted by atomic mass is 10.2. The molecule has 14 heavy (non-hydrogen) atoms. The molecular weight excluding hydrogens is 180 g/mol. The summed E-state index contributed by atoms with van der Waals surface area (Å²) in [6.07, 6.45) is 0. The summed E-state index contributed by atoms with van der Waals surface area (Å²) < 4.78 is 0. The first-order valence-electron chi connectivity index (χ1n) is 4.46. The van der Waals surface area contributed by atoms with Crippen LogP contribution in [-0.2, 0) is 0 Å². The van der Waals surface area contributed by atoms with E-state index in [9.17, 15) is 4.79 Å². The Bertz CT molecular complexity index is 313. The van der Waals surface area contributed by atoms with E-state index in [1.807, 2.05) is 7.05 Å². The number of phenols is 1. The highest BCUT2D eigenvalue weighted by Crippen LogP contribution is 2.10. The van der Waals surface area contributed by atoms with Crippen LogP contribution in [0.2, 0.25) is 0 Å². The average molecular weight is 194 g/mol. The van der Waals surface area contributed by atoms with Crippen LogP contribution >= 0.6 is 0 Å². The van der Waals surface area contributed by atoms with Gasteiger partial charge in [0.25, 0.3) is 5.91 Å². The normalized spacial score (nSPS) is 9.79. The fourth-order valence-corrected chi connectivity index (χ4v) is 1.05. The fraction of sp³-hybridized carbons (Fsp3) is 0.300. The molecule has 4 nitrogen and oxygen atoms in total. The van der Waals surface area contributed by atoms with Crippen molar-refractivity contribution in [1.29, 1.82) is 0 Å². The number of amides is 1. The quantitative estimate of drug-likeness (QED) is 0.606. The minimum absolute atomic E-state index is 0.103. The van der Waals surface area contributed by atoms with Gasteiger partial charge in [0.15, 0.2) is 0 Å². The van der Waals surface area contributed by atoms with Gasteiger partial charge in [-0.2, -0.15) is 0 Å². The van der Waals surface area contributed by atoms with E-state index in [0.29, 0.717) is 12.1 Å². The number of aromatic hydroxyl groups is 1. The molecule has 0 unspecified atom stereocenters. The van der Waals surface area contributed by atoms with Crippen molar-refractivity contribution in [2.24, 2.45) is 0 Å². The second kappa shape index (κ2) is 5.24. The van der Waals surface area contributed by atoms with Gasteiger partial charge in [0.05, 0.1) is 0 Å². The summed E-state index contributed by atoms with van der Waals surface area (Å²) >= 11 is 0. The molecule has 4 heteroatoms. The van der Waals surface area contributed by atoms with E-state index in [0.717, 1.165) is 6.54 Å². The Morgan fingerprint density at radius 3 is 2.86 bits per heavy atom. The van der Waals surface area contributed by atoms with E-state index < -0.39 is 0 Å². The van der Waals surface area contributed by atoms with Crippen molar-refractivity contribution in [2.75, 3.05) is 20.1 Å². The van der Waals surface area contributed by atoms with E-state index >= 15 is 0 Å². The lowest BCUT2D eigenvalue weighted by Gasteiger charge is -2.04. The zero-order valence-electron chi connectivity index (χ0n) is 8.08. The van der Waals surface area contributed by atoms with Crippen LogP contribution in [0, 0.1) is 0 Å². The Hall–Kier alpha value is -1.55. The Morgan fingerprint density at radius 2 is 2.21 bits per heavy atom. The molecule has 0 aliphatic carbocycles. The molecule has 0 bridgehead atoms. The average Bonchev–Trinajstić information content (AvgIpc) is 2.18. The maximum atomic E-state index is 11.4. The zero-order chi connectivity index (χ0) is 10.4. The molecule has 0 saturated heterocycles. The standard InChI is InChI=1S/C10H14N2O2/c1-11-5-6-12-10(14)8-3-2-4-9(13)7-8/h2-4,7,11,13H,5-6H2,1H3,(H,12,14). The topological polar surface area (TPSA) is 61.4 Å². The van der Waals surface area contributed by atoms with Crippen molar-refractivity contribution in [1.82, 2.24) is 10.6 Å². The van der Waals surface area contributed by atoms with Crippen LogP contribution < -0.4 is 10.6 Å². The summed E-state index contributed by atoms with van der Waals surface area (Å²) in [5, 5.41) is 14.8. The molecule has 1 aromatic rings. The summed E-state index contributed by atoms with van der Waals surface area (Å²) in [6, 6.07) is 6.27. The van der Waals surface area contributed by atoms with Gasteiger partial charge in [0, 0.05) is 18.7 Å². The van der Waals surface area contributed by atoms with Crippen molar-refractivity contribution in [3.8, 4) is 5.75 Å². The molecule has 0 aliphatic rings. The number of carbonyl (C=O) groups is 1. The number of benzene rings is 1. The van der Waals surface area contributed by atoms with E-state index in [2.05, 4.69) is 10.6 Å². The molecule has 0 heterocycles. The molecule has 0 radical (unpaired) electrons. The van der Waals surface area contributed by atoms with Crippen LogP contribution in [-0.4, -0.2) is 31.2 Å². The lowest BCUT2D eigenvalue weighted by Crippen LogP contribution is -2.30. The third-order valence-electron chi connectivity index (χ3n) is 1.77. The maximum Gasteiger partial charge on any atom is 0.251 e. The molecule has 0 aliphatic heterocycles. The van der Waals surface area contributed by atoms with Gasteiger partial charge in [-0.05, 0) is 25.2 Å². The van der Waals surface area contributed by atoms with Crippen molar-refractivity contribution in [2.45, 2.75) is 0 Å². The smallest absolute Gasteiger partial charge is 0.251 e. The minimum Gasteiger partial charge on any atom is -0.508 e. The zero-order valence-corrected chi connectivity index (χ0v) is 8.08. The Morgan fingerprint density at radius 1 is 1.43 bits per heavy atom. The number of phenolic OH excluding ortho intramolecular Hbond substituents is 1. The van der Waals surface area contributed by atoms with Gasteiger partial charge in [0.2, 0.25) is 0 Å². The van der Waals surface area contributed by atoms with Crippen LogP contribution in [0.15, 0.2) is 24.3 Å². The fourth-order valence-electron chi connectivity index (χ4n) is 1.05. The molecule has 0 fully saturated rings. The highest BCUT2D eigenvalue weighted by molar-refractivity contribution is 5.94. The van der Waals surface area contributed by atoms with E-state index in [-0.39, 0.29) is 11.7 Å². The molecule has 1 amide bonds. The van der Waals surface area contributed by atoms with Gasteiger partial charge in [-0.25, -0.2) is 0 Å². The molecule has 1 rings (SSSR count). The molecule has 0 aromatic heterocycles. The highest BCUT2D eigenvalue weighted by Gasteiger charge is 2.03. The monoisotopic (exact) mass is 194 g/mol. The van der Waals surface area contributed by atoms with Gasteiger partial charge >= 0.3 is 0 Å². The third kappa shape index (κ3) is 3.06. The summed E-state index contributed by atoms with van der Waals surface area (Å²) in [5.41, 5.74) is 0.473. The number of hydrogen-bond acceptors (Lipinski definition) is 3. The van der Waals surface area contributed by atoms with Crippen LogP contribution in [0.5, 0.6) is 5.75 Å². The Kier molecular flexibility index (Phi) is 3.94. The number of nitrogens with one attached hydrogen (secondary N) is 2. The first-order chi connectivity index (χ1) is 6.74.